The van der Waals surface area contributed by atoms with Crippen LogP contribution in [-0.2, 0) is 6.42 Å². The Labute approximate surface area is 212 Å². The Morgan fingerprint density at radius 2 is 1.35 bits per heavy atom. The van der Waals surface area contributed by atoms with Crippen LogP contribution in [0.5, 0.6) is 0 Å². The first kappa shape index (κ1) is 19.3. The molecule has 172 valence electrons. The summed E-state index contributed by atoms with van der Waals surface area (Å²) in [4.78, 5) is 4.85. The van der Waals surface area contributed by atoms with Gasteiger partial charge in [-0.2, -0.15) is 0 Å². The summed E-state index contributed by atoms with van der Waals surface area (Å²) in [5.41, 5.74) is 11.3. The highest BCUT2D eigenvalue weighted by molar-refractivity contribution is 6.21. The van der Waals surface area contributed by atoms with Crippen LogP contribution in [0.4, 0.5) is 0 Å². The molecule has 3 aromatic heterocycles. The minimum Gasteiger partial charge on any atom is -0.309 e. The quantitative estimate of drug-likeness (QED) is 0.221. The third-order valence-corrected chi connectivity index (χ3v) is 8.17. The molecule has 1 aliphatic carbocycles. The smallest absolute Gasteiger partial charge is 0.145 e. The molecule has 0 unspecified atom stereocenters. The van der Waals surface area contributed by atoms with Crippen LogP contribution < -0.4 is 0 Å². The van der Waals surface area contributed by atoms with E-state index in [0.29, 0.717) is 0 Å². The van der Waals surface area contributed by atoms with Crippen LogP contribution >= 0.6 is 0 Å². The number of benzene rings is 5. The molecular weight excluding hydrogens is 450 g/mol. The first-order valence-electron chi connectivity index (χ1n) is 12.8. The van der Waals surface area contributed by atoms with Crippen LogP contribution in [0.3, 0.4) is 0 Å². The topological polar surface area (TPSA) is 22.2 Å². The Balaban J connectivity index is 1.49. The number of pyridine rings is 1. The van der Waals surface area contributed by atoms with Crippen molar-refractivity contribution >= 4 is 49.1 Å². The van der Waals surface area contributed by atoms with Gasteiger partial charge in [0.05, 0.1) is 16.6 Å². The number of imidazole rings is 1. The number of aromatic nitrogens is 3. The fourth-order valence-electron chi connectivity index (χ4n) is 6.56. The summed E-state index contributed by atoms with van der Waals surface area (Å²) >= 11 is 0. The van der Waals surface area contributed by atoms with Crippen LogP contribution in [0, 0.1) is 0 Å². The Kier molecular flexibility index (Phi) is 3.58. The summed E-state index contributed by atoms with van der Waals surface area (Å²) in [5, 5.41) is 6.24. The molecule has 0 N–H and O–H groups in total. The zero-order chi connectivity index (χ0) is 24.1. The largest absolute Gasteiger partial charge is 0.309 e. The minimum atomic E-state index is 0.985. The minimum absolute atomic E-state index is 0.985. The van der Waals surface area contributed by atoms with Gasteiger partial charge in [-0.3, -0.25) is 4.40 Å². The van der Waals surface area contributed by atoms with E-state index in [4.69, 9.17) is 4.98 Å². The molecule has 1 aliphatic rings. The van der Waals surface area contributed by atoms with Gasteiger partial charge in [-0.1, -0.05) is 60.7 Å². The first-order chi connectivity index (χ1) is 18.3. The fraction of sp³-hybridized carbons (Fsp3) is 0.0294. The molecule has 8 aromatic rings. The van der Waals surface area contributed by atoms with Crippen molar-refractivity contribution in [1.29, 1.82) is 0 Å². The summed E-state index contributed by atoms with van der Waals surface area (Å²) in [6.07, 6.45) is 5.01. The summed E-state index contributed by atoms with van der Waals surface area (Å²) in [5.74, 6) is 0. The molecule has 0 aliphatic heterocycles. The standard InChI is InChI=1S/C34H21N3/c1-2-9-23(10-3-1)37-31-13-7-6-12-25(31)28-19-27-29-18-26-22(16-21-8-4-5-11-24(21)26)17-32(29)36-15-14-35-34(36)30(27)20-33(28)37/h1-15,17-20H,16H2. The van der Waals surface area contributed by atoms with Crippen molar-refractivity contribution in [3.63, 3.8) is 0 Å². The normalized spacial score (nSPS) is 12.8. The van der Waals surface area contributed by atoms with Gasteiger partial charge in [0.1, 0.15) is 5.65 Å². The Morgan fingerprint density at radius 1 is 0.541 bits per heavy atom. The molecule has 0 atom stereocenters. The summed E-state index contributed by atoms with van der Waals surface area (Å²) in [6.45, 7) is 0. The molecule has 0 saturated heterocycles. The molecule has 3 heteroatoms. The molecule has 5 aromatic carbocycles. The number of hydrogen-bond acceptors (Lipinski definition) is 1. The summed E-state index contributed by atoms with van der Waals surface area (Å²) < 4.78 is 4.65. The lowest BCUT2D eigenvalue weighted by atomic mass is 9.98. The third kappa shape index (κ3) is 2.48. The highest BCUT2D eigenvalue weighted by Crippen LogP contribution is 2.43. The number of rotatable bonds is 1. The van der Waals surface area contributed by atoms with Gasteiger partial charge in [0, 0.05) is 39.6 Å². The van der Waals surface area contributed by atoms with Crippen molar-refractivity contribution in [2.24, 2.45) is 0 Å². The zero-order valence-corrected chi connectivity index (χ0v) is 20.0. The number of hydrogen-bond donors (Lipinski definition) is 0. The average Bonchev–Trinajstić information content (AvgIpc) is 3.66. The van der Waals surface area contributed by atoms with E-state index in [2.05, 4.69) is 118 Å². The highest BCUT2D eigenvalue weighted by Gasteiger charge is 2.22. The molecule has 0 bridgehead atoms. The molecule has 9 rings (SSSR count). The predicted molar refractivity (Wildman–Crippen MR) is 153 cm³/mol. The number of fused-ring (bicyclic) bond motifs is 12. The van der Waals surface area contributed by atoms with Crippen molar-refractivity contribution in [3.8, 4) is 16.8 Å². The van der Waals surface area contributed by atoms with Gasteiger partial charge in [0.15, 0.2) is 0 Å². The van der Waals surface area contributed by atoms with Crippen molar-refractivity contribution < 1.29 is 0 Å². The van der Waals surface area contributed by atoms with E-state index in [1.54, 1.807) is 0 Å². The SMILES string of the molecule is c1ccc(-n2c3ccccc3c3cc4c5cc6c(cc5n5ccnc5c4cc32)Cc2ccccc2-6)cc1. The first-order valence-corrected chi connectivity index (χ1v) is 12.8. The maximum Gasteiger partial charge on any atom is 0.145 e. The van der Waals surface area contributed by atoms with Crippen molar-refractivity contribution in [2.45, 2.75) is 6.42 Å². The van der Waals surface area contributed by atoms with Crippen LogP contribution in [0.1, 0.15) is 11.1 Å². The Morgan fingerprint density at radius 3 is 2.30 bits per heavy atom. The van der Waals surface area contributed by atoms with Crippen LogP contribution in [0.25, 0.3) is 65.9 Å². The lowest BCUT2D eigenvalue weighted by Crippen LogP contribution is -1.95. The lowest BCUT2D eigenvalue weighted by molar-refractivity contribution is 1.18. The summed E-state index contributed by atoms with van der Waals surface area (Å²) in [7, 11) is 0. The maximum atomic E-state index is 4.85. The van der Waals surface area contributed by atoms with E-state index in [1.807, 2.05) is 6.20 Å². The highest BCUT2D eigenvalue weighted by atomic mass is 15.0. The molecule has 37 heavy (non-hydrogen) atoms. The Bertz CT molecular complexity index is 2210. The second-order valence-corrected chi connectivity index (χ2v) is 10.1. The van der Waals surface area contributed by atoms with Gasteiger partial charge in [0.2, 0.25) is 0 Å². The van der Waals surface area contributed by atoms with Crippen LogP contribution in [0.2, 0.25) is 0 Å². The van der Waals surface area contributed by atoms with E-state index in [0.717, 1.165) is 12.1 Å². The monoisotopic (exact) mass is 471 g/mol. The lowest BCUT2D eigenvalue weighted by Gasteiger charge is -2.13. The number of nitrogens with zero attached hydrogens (tertiary/aromatic N) is 3. The second-order valence-electron chi connectivity index (χ2n) is 10.1. The molecular formula is C34H21N3. The average molecular weight is 472 g/mol. The van der Waals surface area contributed by atoms with E-state index < -0.39 is 0 Å². The molecule has 0 saturated carbocycles. The summed E-state index contributed by atoms with van der Waals surface area (Å²) in [6, 6.07) is 37.7. The van der Waals surface area contributed by atoms with E-state index >= 15 is 0 Å². The fourth-order valence-corrected chi connectivity index (χ4v) is 6.56. The van der Waals surface area contributed by atoms with Gasteiger partial charge in [-0.25, -0.2) is 4.98 Å². The zero-order valence-electron chi connectivity index (χ0n) is 20.0. The third-order valence-electron chi connectivity index (χ3n) is 8.17. The van der Waals surface area contributed by atoms with Crippen LogP contribution in [0.15, 0.2) is 116 Å². The molecule has 3 heterocycles. The Hall–Kier alpha value is -4.89. The van der Waals surface area contributed by atoms with Gasteiger partial charge in [-0.05, 0) is 76.5 Å². The van der Waals surface area contributed by atoms with Crippen molar-refractivity contribution in [3.05, 3.63) is 127 Å². The molecule has 0 amide bonds. The molecule has 0 radical (unpaired) electrons. The van der Waals surface area contributed by atoms with E-state index in [-0.39, 0.29) is 0 Å². The van der Waals surface area contributed by atoms with E-state index in [1.165, 1.54) is 71.4 Å². The number of para-hydroxylation sites is 2. The molecule has 0 spiro atoms. The van der Waals surface area contributed by atoms with Gasteiger partial charge in [0.25, 0.3) is 0 Å². The van der Waals surface area contributed by atoms with Crippen molar-refractivity contribution in [1.82, 2.24) is 14.0 Å². The van der Waals surface area contributed by atoms with Gasteiger partial charge in [-0.15, -0.1) is 0 Å². The maximum absolute atomic E-state index is 4.85. The van der Waals surface area contributed by atoms with Gasteiger partial charge < -0.3 is 4.57 Å². The second kappa shape index (κ2) is 6.86. The van der Waals surface area contributed by atoms with Crippen molar-refractivity contribution in [2.75, 3.05) is 0 Å². The van der Waals surface area contributed by atoms with E-state index in [9.17, 15) is 0 Å². The molecule has 3 nitrogen and oxygen atoms in total. The predicted octanol–water partition coefficient (Wildman–Crippen LogP) is 8.31. The van der Waals surface area contributed by atoms with Gasteiger partial charge >= 0.3 is 0 Å². The molecule has 0 fully saturated rings. The van der Waals surface area contributed by atoms with Crippen LogP contribution in [-0.4, -0.2) is 14.0 Å².